The Labute approximate surface area is 110 Å². The summed E-state index contributed by atoms with van der Waals surface area (Å²) in [5.41, 5.74) is -1.80. The number of amides is 1. The lowest BCUT2D eigenvalue weighted by Crippen LogP contribution is -2.14. The molecule has 1 aromatic heterocycles. The maximum Gasteiger partial charge on any atom is 0.416 e. The van der Waals surface area contributed by atoms with Gasteiger partial charge < -0.3 is 9.84 Å². The fourth-order valence-corrected chi connectivity index (χ4v) is 1.46. The Balaban J connectivity index is 2.27. The van der Waals surface area contributed by atoms with Gasteiger partial charge in [-0.05, 0) is 25.1 Å². The first-order chi connectivity index (χ1) is 9.27. The Morgan fingerprint density at radius 1 is 1.30 bits per heavy atom. The molecule has 0 atom stereocenters. The topological polar surface area (TPSA) is 55.1 Å². The van der Waals surface area contributed by atoms with Crippen LogP contribution in [-0.2, 0) is 6.18 Å². The molecule has 0 radical (unpaired) electrons. The number of hydrogen-bond donors (Lipinski definition) is 1. The van der Waals surface area contributed by atoms with Crippen LogP contribution in [0.25, 0.3) is 0 Å². The second-order valence-corrected chi connectivity index (χ2v) is 3.97. The zero-order valence-corrected chi connectivity index (χ0v) is 10.1. The minimum Gasteiger partial charge on any atom is -0.361 e. The number of carbonyl (C=O) groups excluding carboxylic acids is 1. The van der Waals surface area contributed by atoms with Gasteiger partial charge in [0.2, 0.25) is 0 Å². The molecule has 4 nitrogen and oxygen atoms in total. The van der Waals surface area contributed by atoms with Gasteiger partial charge >= 0.3 is 6.18 Å². The highest BCUT2D eigenvalue weighted by Gasteiger charge is 2.31. The van der Waals surface area contributed by atoms with Gasteiger partial charge in [0.05, 0.1) is 11.3 Å². The number of benzene rings is 1. The molecule has 8 heteroatoms. The largest absolute Gasteiger partial charge is 0.416 e. The standard InChI is InChI=1S/C12H8F4N2O2/c1-6-4-10(18-20-6)11(19)17-9-5-7(12(14,15)16)2-3-8(9)13/h2-5H,1H3,(H,17,19). The number of nitrogens with one attached hydrogen (secondary N) is 1. The van der Waals surface area contributed by atoms with E-state index in [-0.39, 0.29) is 5.69 Å². The molecule has 1 N–H and O–H groups in total. The quantitative estimate of drug-likeness (QED) is 0.862. The molecule has 0 saturated carbocycles. The lowest BCUT2D eigenvalue weighted by atomic mass is 10.2. The van der Waals surface area contributed by atoms with Crippen LogP contribution in [0.3, 0.4) is 0 Å². The molecule has 0 aliphatic heterocycles. The third kappa shape index (κ3) is 2.95. The summed E-state index contributed by atoms with van der Waals surface area (Å²) >= 11 is 0. The minimum absolute atomic E-state index is 0.153. The first-order valence-corrected chi connectivity index (χ1v) is 5.39. The SMILES string of the molecule is Cc1cc(C(=O)Nc2cc(C(F)(F)F)ccc2F)no1. The van der Waals surface area contributed by atoms with Gasteiger partial charge in [0, 0.05) is 6.07 Å². The second-order valence-electron chi connectivity index (χ2n) is 3.97. The van der Waals surface area contributed by atoms with E-state index in [4.69, 9.17) is 0 Å². The molecule has 0 bridgehead atoms. The smallest absolute Gasteiger partial charge is 0.361 e. The monoisotopic (exact) mass is 288 g/mol. The Hall–Kier alpha value is -2.38. The molecule has 2 rings (SSSR count). The summed E-state index contributed by atoms with van der Waals surface area (Å²) in [6.07, 6.45) is -4.63. The van der Waals surface area contributed by atoms with E-state index in [2.05, 4.69) is 9.68 Å². The normalized spacial score (nSPS) is 11.4. The van der Waals surface area contributed by atoms with Crippen molar-refractivity contribution in [2.24, 2.45) is 0 Å². The number of alkyl halides is 3. The number of rotatable bonds is 2. The van der Waals surface area contributed by atoms with Gasteiger partial charge in [-0.2, -0.15) is 13.2 Å². The van der Waals surface area contributed by atoms with Crippen LogP contribution in [0.2, 0.25) is 0 Å². The molecule has 2 aromatic rings. The van der Waals surface area contributed by atoms with Gasteiger partial charge in [-0.3, -0.25) is 4.79 Å². The van der Waals surface area contributed by atoms with E-state index >= 15 is 0 Å². The van der Waals surface area contributed by atoms with Crippen molar-refractivity contribution < 1.29 is 26.9 Å². The Kier molecular flexibility index (Phi) is 3.47. The van der Waals surface area contributed by atoms with E-state index in [1.54, 1.807) is 0 Å². The molecule has 0 aliphatic carbocycles. The second kappa shape index (κ2) is 4.95. The van der Waals surface area contributed by atoms with Crippen molar-refractivity contribution in [3.63, 3.8) is 0 Å². The van der Waals surface area contributed by atoms with E-state index in [1.165, 1.54) is 13.0 Å². The number of hydrogen-bond acceptors (Lipinski definition) is 3. The van der Waals surface area contributed by atoms with Crippen LogP contribution >= 0.6 is 0 Å². The van der Waals surface area contributed by atoms with Crippen molar-refractivity contribution in [2.75, 3.05) is 5.32 Å². The predicted molar refractivity (Wildman–Crippen MR) is 60.6 cm³/mol. The fourth-order valence-electron chi connectivity index (χ4n) is 1.46. The zero-order chi connectivity index (χ0) is 14.9. The summed E-state index contributed by atoms with van der Waals surface area (Å²) in [4.78, 5) is 11.7. The molecule has 106 valence electrons. The van der Waals surface area contributed by atoms with E-state index in [0.717, 1.165) is 0 Å². The van der Waals surface area contributed by atoms with E-state index in [0.29, 0.717) is 24.0 Å². The van der Waals surface area contributed by atoms with Crippen LogP contribution in [0.4, 0.5) is 23.2 Å². The molecular weight excluding hydrogens is 280 g/mol. The van der Waals surface area contributed by atoms with Gasteiger partial charge in [0.1, 0.15) is 11.6 Å². The molecule has 0 spiro atoms. The number of anilines is 1. The maximum absolute atomic E-state index is 13.4. The Bertz CT molecular complexity index is 649. The molecule has 0 saturated heterocycles. The molecule has 1 aromatic carbocycles. The Morgan fingerprint density at radius 3 is 2.55 bits per heavy atom. The fraction of sp³-hybridized carbons (Fsp3) is 0.167. The molecular formula is C12H8F4N2O2. The van der Waals surface area contributed by atoms with Gasteiger partial charge in [-0.1, -0.05) is 5.16 Å². The Morgan fingerprint density at radius 2 is 2.00 bits per heavy atom. The number of aryl methyl sites for hydroxylation is 1. The first-order valence-electron chi connectivity index (χ1n) is 5.39. The van der Waals surface area contributed by atoms with E-state index < -0.39 is 29.2 Å². The summed E-state index contributed by atoms with van der Waals surface area (Å²) < 4.78 is 55.6. The van der Waals surface area contributed by atoms with Gasteiger partial charge in [0.25, 0.3) is 5.91 Å². The lowest BCUT2D eigenvalue weighted by molar-refractivity contribution is -0.137. The molecule has 1 heterocycles. The van der Waals surface area contributed by atoms with Crippen LogP contribution in [-0.4, -0.2) is 11.1 Å². The van der Waals surface area contributed by atoms with E-state index in [9.17, 15) is 22.4 Å². The number of aromatic nitrogens is 1. The summed E-state index contributed by atoms with van der Waals surface area (Å²) in [5, 5.41) is 5.40. The molecule has 0 fully saturated rings. The van der Waals surface area contributed by atoms with Gasteiger partial charge in [-0.15, -0.1) is 0 Å². The third-order valence-corrected chi connectivity index (χ3v) is 2.40. The zero-order valence-electron chi connectivity index (χ0n) is 10.1. The molecule has 0 unspecified atom stereocenters. The first kappa shape index (κ1) is 14.0. The van der Waals surface area contributed by atoms with Crippen LogP contribution in [0.15, 0.2) is 28.8 Å². The number of halogens is 4. The summed E-state index contributed by atoms with van der Waals surface area (Å²) in [5.74, 6) is -1.49. The predicted octanol–water partition coefficient (Wildman–Crippen LogP) is 3.39. The highest BCUT2D eigenvalue weighted by molar-refractivity contribution is 6.02. The number of carbonyl (C=O) groups is 1. The van der Waals surface area contributed by atoms with Crippen molar-refractivity contribution in [3.05, 3.63) is 47.1 Å². The van der Waals surface area contributed by atoms with Crippen LogP contribution in [0.1, 0.15) is 21.8 Å². The molecule has 1 amide bonds. The van der Waals surface area contributed by atoms with Crippen molar-refractivity contribution >= 4 is 11.6 Å². The molecule has 0 aliphatic rings. The average Bonchev–Trinajstić information content (AvgIpc) is 2.77. The van der Waals surface area contributed by atoms with Crippen molar-refractivity contribution in [1.29, 1.82) is 0 Å². The highest BCUT2D eigenvalue weighted by Crippen LogP contribution is 2.31. The highest BCUT2D eigenvalue weighted by atomic mass is 19.4. The lowest BCUT2D eigenvalue weighted by Gasteiger charge is -2.10. The van der Waals surface area contributed by atoms with Crippen LogP contribution < -0.4 is 5.32 Å². The average molecular weight is 288 g/mol. The van der Waals surface area contributed by atoms with Crippen molar-refractivity contribution in [1.82, 2.24) is 5.16 Å². The number of nitrogens with zero attached hydrogens (tertiary/aromatic N) is 1. The summed E-state index contributed by atoms with van der Waals surface area (Å²) in [7, 11) is 0. The van der Waals surface area contributed by atoms with E-state index in [1.807, 2.05) is 5.32 Å². The summed E-state index contributed by atoms with van der Waals surface area (Å²) in [6, 6.07) is 3.01. The maximum atomic E-state index is 13.4. The van der Waals surface area contributed by atoms with Crippen molar-refractivity contribution in [2.45, 2.75) is 13.1 Å². The van der Waals surface area contributed by atoms with Gasteiger partial charge in [-0.25, -0.2) is 4.39 Å². The van der Waals surface area contributed by atoms with Gasteiger partial charge in [0.15, 0.2) is 5.69 Å². The summed E-state index contributed by atoms with van der Waals surface area (Å²) in [6.45, 7) is 1.54. The molecule has 20 heavy (non-hydrogen) atoms. The third-order valence-electron chi connectivity index (χ3n) is 2.40. The van der Waals surface area contributed by atoms with Crippen LogP contribution in [0, 0.1) is 12.7 Å². The minimum atomic E-state index is -4.63. The van der Waals surface area contributed by atoms with Crippen molar-refractivity contribution in [3.8, 4) is 0 Å². The van der Waals surface area contributed by atoms with Crippen LogP contribution in [0.5, 0.6) is 0 Å².